The van der Waals surface area contributed by atoms with E-state index < -0.39 is 0 Å². The summed E-state index contributed by atoms with van der Waals surface area (Å²) in [7, 11) is 0. The highest BCUT2D eigenvalue weighted by Gasteiger charge is 2.21. The van der Waals surface area contributed by atoms with Crippen molar-refractivity contribution < 1.29 is 4.74 Å². The Morgan fingerprint density at radius 2 is 1.76 bits per heavy atom. The van der Waals surface area contributed by atoms with Crippen LogP contribution in [-0.4, -0.2) is 12.6 Å². The Morgan fingerprint density at radius 3 is 2.38 bits per heavy atom. The standard InChI is InChI=1S/C19H31NO/c1-14(2)21-19-11-9-17(10-12-19)16(4)20-13-18-8-6-5-7-15(18)3/h9-12,14-16,18,20H,5-8,13H2,1-4H3. The van der Waals surface area contributed by atoms with E-state index in [0.29, 0.717) is 6.04 Å². The van der Waals surface area contributed by atoms with Crippen LogP contribution in [0.25, 0.3) is 0 Å². The van der Waals surface area contributed by atoms with Gasteiger partial charge in [-0.05, 0) is 63.3 Å². The van der Waals surface area contributed by atoms with Crippen molar-refractivity contribution in [3.8, 4) is 5.75 Å². The first-order valence-corrected chi connectivity index (χ1v) is 8.56. The Labute approximate surface area is 130 Å². The molecule has 1 aliphatic carbocycles. The molecule has 1 N–H and O–H groups in total. The van der Waals surface area contributed by atoms with Gasteiger partial charge in [-0.2, -0.15) is 0 Å². The maximum Gasteiger partial charge on any atom is 0.119 e. The van der Waals surface area contributed by atoms with Gasteiger partial charge in [-0.3, -0.25) is 0 Å². The van der Waals surface area contributed by atoms with E-state index in [1.54, 1.807) is 0 Å². The first kappa shape index (κ1) is 16.4. The van der Waals surface area contributed by atoms with Gasteiger partial charge in [0.05, 0.1) is 6.10 Å². The second kappa shape index (κ2) is 7.84. The van der Waals surface area contributed by atoms with Crippen molar-refractivity contribution in [2.24, 2.45) is 11.8 Å². The van der Waals surface area contributed by atoms with E-state index in [-0.39, 0.29) is 6.10 Å². The molecule has 3 unspecified atom stereocenters. The number of rotatable bonds is 6. The van der Waals surface area contributed by atoms with Crippen LogP contribution in [0.2, 0.25) is 0 Å². The Kier molecular flexibility index (Phi) is 6.10. The molecule has 2 heteroatoms. The molecule has 21 heavy (non-hydrogen) atoms. The zero-order valence-corrected chi connectivity index (χ0v) is 14.1. The van der Waals surface area contributed by atoms with E-state index in [1.165, 1.54) is 31.2 Å². The highest BCUT2D eigenvalue weighted by atomic mass is 16.5. The molecule has 1 aliphatic rings. The van der Waals surface area contributed by atoms with Gasteiger partial charge in [-0.25, -0.2) is 0 Å². The molecular weight excluding hydrogens is 258 g/mol. The van der Waals surface area contributed by atoms with Gasteiger partial charge in [0, 0.05) is 6.04 Å². The summed E-state index contributed by atoms with van der Waals surface area (Å²) in [5.41, 5.74) is 1.34. The third-order valence-electron chi connectivity index (χ3n) is 4.73. The van der Waals surface area contributed by atoms with Crippen molar-refractivity contribution >= 4 is 0 Å². The van der Waals surface area contributed by atoms with Gasteiger partial charge in [0.15, 0.2) is 0 Å². The van der Waals surface area contributed by atoms with Gasteiger partial charge < -0.3 is 10.1 Å². The minimum absolute atomic E-state index is 0.235. The highest BCUT2D eigenvalue weighted by molar-refractivity contribution is 5.29. The molecule has 0 aliphatic heterocycles. The molecule has 0 aromatic heterocycles. The predicted molar refractivity (Wildman–Crippen MR) is 89.7 cm³/mol. The Bertz CT molecular complexity index is 412. The minimum atomic E-state index is 0.235. The number of ether oxygens (including phenoxy) is 1. The number of hydrogen-bond donors (Lipinski definition) is 1. The molecule has 1 aromatic rings. The molecule has 3 atom stereocenters. The van der Waals surface area contributed by atoms with Crippen LogP contribution in [0.1, 0.15) is 65.0 Å². The maximum absolute atomic E-state index is 5.70. The molecule has 2 rings (SSSR count). The summed E-state index contributed by atoms with van der Waals surface area (Å²) in [6, 6.07) is 8.93. The molecule has 0 heterocycles. The summed E-state index contributed by atoms with van der Waals surface area (Å²) in [6.07, 6.45) is 5.86. The summed E-state index contributed by atoms with van der Waals surface area (Å²) in [4.78, 5) is 0. The van der Waals surface area contributed by atoms with Gasteiger partial charge in [-0.15, -0.1) is 0 Å². The van der Waals surface area contributed by atoms with E-state index in [1.807, 2.05) is 0 Å². The zero-order chi connectivity index (χ0) is 15.2. The molecule has 2 nitrogen and oxygen atoms in total. The van der Waals surface area contributed by atoms with Crippen molar-refractivity contribution in [1.29, 1.82) is 0 Å². The molecule has 0 amide bonds. The smallest absolute Gasteiger partial charge is 0.119 e. The third-order valence-corrected chi connectivity index (χ3v) is 4.73. The van der Waals surface area contributed by atoms with Gasteiger partial charge in [0.1, 0.15) is 5.75 Å². The summed E-state index contributed by atoms with van der Waals surface area (Å²) in [6.45, 7) is 9.93. The van der Waals surface area contributed by atoms with E-state index in [4.69, 9.17) is 4.74 Å². The molecule has 0 saturated heterocycles. The summed E-state index contributed by atoms with van der Waals surface area (Å²) >= 11 is 0. The van der Waals surface area contributed by atoms with Crippen LogP contribution < -0.4 is 10.1 Å². The molecule has 0 radical (unpaired) electrons. The number of nitrogens with one attached hydrogen (secondary N) is 1. The summed E-state index contributed by atoms with van der Waals surface area (Å²) in [5.74, 6) is 2.69. The lowest BCUT2D eigenvalue weighted by Crippen LogP contribution is -2.31. The predicted octanol–water partition coefficient (Wildman–Crippen LogP) is 4.95. The van der Waals surface area contributed by atoms with Crippen LogP contribution in [0.15, 0.2) is 24.3 Å². The third kappa shape index (κ3) is 5.03. The second-order valence-corrected chi connectivity index (χ2v) is 6.89. The molecule has 1 saturated carbocycles. The number of hydrogen-bond acceptors (Lipinski definition) is 2. The Morgan fingerprint density at radius 1 is 1.10 bits per heavy atom. The monoisotopic (exact) mass is 289 g/mol. The Balaban J connectivity index is 1.83. The topological polar surface area (TPSA) is 21.3 Å². The lowest BCUT2D eigenvalue weighted by Gasteiger charge is -2.30. The maximum atomic E-state index is 5.70. The van der Waals surface area contributed by atoms with Crippen LogP contribution in [0.4, 0.5) is 0 Å². The number of benzene rings is 1. The van der Waals surface area contributed by atoms with Crippen molar-refractivity contribution in [2.75, 3.05) is 6.54 Å². The van der Waals surface area contributed by atoms with Crippen LogP contribution in [0.3, 0.4) is 0 Å². The zero-order valence-electron chi connectivity index (χ0n) is 14.1. The fourth-order valence-corrected chi connectivity index (χ4v) is 3.25. The lowest BCUT2D eigenvalue weighted by atomic mass is 9.80. The second-order valence-electron chi connectivity index (χ2n) is 6.89. The van der Waals surface area contributed by atoms with E-state index >= 15 is 0 Å². The summed E-state index contributed by atoms with van der Waals surface area (Å²) in [5, 5.41) is 3.72. The Hall–Kier alpha value is -1.02. The fraction of sp³-hybridized carbons (Fsp3) is 0.684. The van der Waals surface area contributed by atoms with Crippen LogP contribution >= 0.6 is 0 Å². The van der Waals surface area contributed by atoms with Gasteiger partial charge in [-0.1, -0.05) is 38.3 Å². The van der Waals surface area contributed by atoms with E-state index in [2.05, 4.69) is 57.3 Å². The molecular formula is C19H31NO. The SMILES string of the molecule is CC(C)Oc1ccc(C(C)NCC2CCCCC2C)cc1. The van der Waals surface area contributed by atoms with Crippen LogP contribution in [0.5, 0.6) is 5.75 Å². The average Bonchev–Trinajstić information content (AvgIpc) is 2.46. The van der Waals surface area contributed by atoms with Crippen LogP contribution in [0, 0.1) is 11.8 Å². The average molecular weight is 289 g/mol. The van der Waals surface area contributed by atoms with Crippen molar-refractivity contribution in [1.82, 2.24) is 5.32 Å². The molecule has 0 spiro atoms. The van der Waals surface area contributed by atoms with Crippen molar-refractivity contribution in [3.63, 3.8) is 0 Å². The molecule has 1 aromatic carbocycles. The first-order chi connectivity index (χ1) is 10.1. The van der Waals surface area contributed by atoms with Gasteiger partial charge >= 0.3 is 0 Å². The molecule has 0 bridgehead atoms. The molecule has 1 fully saturated rings. The lowest BCUT2D eigenvalue weighted by molar-refractivity contribution is 0.241. The molecule has 118 valence electrons. The van der Waals surface area contributed by atoms with Crippen molar-refractivity contribution in [3.05, 3.63) is 29.8 Å². The largest absolute Gasteiger partial charge is 0.491 e. The normalized spacial score (nSPS) is 24.0. The first-order valence-electron chi connectivity index (χ1n) is 8.56. The highest BCUT2D eigenvalue weighted by Crippen LogP contribution is 2.29. The fourth-order valence-electron chi connectivity index (χ4n) is 3.25. The van der Waals surface area contributed by atoms with E-state index in [9.17, 15) is 0 Å². The van der Waals surface area contributed by atoms with E-state index in [0.717, 1.165) is 24.1 Å². The van der Waals surface area contributed by atoms with Gasteiger partial charge in [0.25, 0.3) is 0 Å². The minimum Gasteiger partial charge on any atom is -0.491 e. The van der Waals surface area contributed by atoms with Crippen molar-refractivity contribution in [2.45, 2.75) is 65.5 Å². The van der Waals surface area contributed by atoms with Gasteiger partial charge in [0.2, 0.25) is 0 Å². The van der Waals surface area contributed by atoms with Crippen LogP contribution in [-0.2, 0) is 0 Å². The summed E-state index contributed by atoms with van der Waals surface area (Å²) < 4.78 is 5.70. The quantitative estimate of drug-likeness (QED) is 0.800.